The van der Waals surface area contributed by atoms with Crippen LogP contribution in [0.1, 0.15) is 71.1 Å². The largest absolute Gasteiger partial charge is 0.494 e. The first-order valence-electron chi connectivity index (χ1n) is 9.16. The lowest BCUT2D eigenvalue weighted by Gasteiger charge is -2.28. The van der Waals surface area contributed by atoms with Crippen LogP contribution in [0.15, 0.2) is 28.7 Å². The lowest BCUT2D eigenvalue weighted by Crippen LogP contribution is -2.15. The van der Waals surface area contributed by atoms with Gasteiger partial charge in [-0.05, 0) is 48.9 Å². The van der Waals surface area contributed by atoms with E-state index in [2.05, 4.69) is 22.9 Å². The van der Waals surface area contributed by atoms with E-state index in [-0.39, 0.29) is 0 Å². The van der Waals surface area contributed by atoms with Crippen molar-refractivity contribution in [2.24, 2.45) is 11.8 Å². The van der Waals surface area contributed by atoms with Gasteiger partial charge in [0.2, 0.25) is 0 Å². The third kappa shape index (κ3) is 6.73. The Labute approximate surface area is 145 Å². The summed E-state index contributed by atoms with van der Waals surface area (Å²) in [6.07, 6.45) is 14.1. The molecule has 1 aromatic rings. The third-order valence-electron chi connectivity index (χ3n) is 5.02. The van der Waals surface area contributed by atoms with E-state index in [1.165, 1.54) is 64.2 Å². The van der Waals surface area contributed by atoms with Gasteiger partial charge in [-0.3, -0.25) is 0 Å². The predicted octanol–water partition coefficient (Wildman–Crippen LogP) is 6.99. The highest BCUT2D eigenvalue weighted by atomic mass is 79.9. The molecule has 0 atom stereocenters. The molecule has 0 saturated heterocycles. The van der Waals surface area contributed by atoms with Gasteiger partial charge in [-0.25, -0.2) is 0 Å². The molecule has 2 rings (SSSR count). The van der Waals surface area contributed by atoms with Crippen molar-refractivity contribution in [2.45, 2.75) is 71.1 Å². The van der Waals surface area contributed by atoms with Gasteiger partial charge in [0.1, 0.15) is 5.75 Å². The summed E-state index contributed by atoms with van der Waals surface area (Å²) >= 11 is 3.45. The second-order valence-electron chi connectivity index (χ2n) is 6.83. The number of halogens is 1. The summed E-state index contributed by atoms with van der Waals surface area (Å²) in [4.78, 5) is 0. The number of rotatable bonds is 9. The fourth-order valence-electron chi connectivity index (χ4n) is 3.58. The van der Waals surface area contributed by atoms with E-state index in [1.54, 1.807) is 0 Å². The van der Waals surface area contributed by atoms with Crippen LogP contribution in [-0.4, -0.2) is 6.61 Å². The molecule has 1 aliphatic rings. The maximum atomic E-state index is 5.82. The zero-order valence-electron chi connectivity index (χ0n) is 14.0. The van der Waals surface area contributed by atoms with E-state index in [1.807, 2.05) is 24.3 Å². The van der Waals surface area contributed by atoms with Crippen LogP contribution in [0.4, 0.5) is 0 Å². The highest BCUT2D eigenvalue weighted by Crippen LogP contribution is 2.34. The summed E-state index contributed by atoms with van der Waals surface area (Å²) in [5.41, 5.74) is 0. The Balaban J connectivity index is 1.52. The highest BCUT2D eigenvalue weighted by molar-refractivity contribution is 9.10. The van der Waals surface area contributed by atoms with E-state index in [0.29, 0.717) is 0 Å². The number of benzene rings is 1. The van der Waals surface area contributed by atoms with Crippen molar-refractivity contribution in [3.8, 4) is 5.75 Å². The molecule has 0 bridgehead atoms. The van der Waals surface area contributed by atoms with E-state index in [4.69, 9.17) is 4.74 Å². The molecular weight excluding hydrogens is 336 g/mol. The molecule has 124 valence electrons. The number of unbranched alkanes of at least 4 members (excludes halogenated alkanes) is 2. The zero-order chi connectivity index (χ0) is 15.6. The molecule has 2 heteroatoms. The van der Waals surface area contributed by atoms with Crippen molar-refractivity contribution in [1.29, 1.82) is 0 Å². The summed E-state index contributed by atoms with van der Waals surface area (Å²) in [5.74, 6) is 2.97. The highest BCUT2D eigenvalue weighted by Gasteiger charge is 2.20. The molecule has 0 aromatic heterocycles. The van der Waals surface area contributed by atoms with Crippen molar-refractivity contribution in [3.63, 3.8) is 0 Å². The summed E-state index contributed by atoms with van der Waals surface area (Å²) in [5, 5.41) is 0. The van der Waals surface area contributed by atoms with Crippen LogP contribution >= 0.6 is 15.9 Å². The smallest absolute Gasteiger partial charge is 0.119 e. The Morgan fingerprint density at radius 2 is 1.50 bits per heavy atom. The predicted molar refractivity (Wildman–Crippen MR) is 98.5 cm³/mol. The summed E-state index contributed by atoms with van der Waals surface area (Å²) in [7, 11) is 0. The molecule has 0 heterocycles. The monoisotopic (exact) mass is 366 g/mol. The van der Waals surface area contributed by atoms with Crippen LogP contribution in [0.25, 0.3) is 0 Å². The van der Waals surface area contributed by atoms with Crippen LogP contribution < -0.4 is 4.74 Å². The van der Waals surface area contributed by atoms with Crippen LogP contribution in [0.2, 0.25) is 0 Å². The normalized spacial score (nSPS) is 21.7. The summed E-state index contributed by atoms with van der Waals surface area (Å²) in [6, 6.07) is 8.14. The van der Waals surface area contributed by atoms with Crippen LogP contribution in [0, 0.1) is 11.8 Å². The van der Waals surface area contributed by atoms with Gasteiger partial charge in [0, 0.05) is 4.47 Å². The first kappa shape index (κ1) is 17.8. The Hall–Kier alpha value is -0.500. The third-order valence-corrected chi connectivity index (χ3v) is 5.55. The standard InChI is InChI=1S/C20H31BrO/c1-2-3-4-6-17-8-10-18(11-9-17)7-5-16-22-20-14-12-19(21)13-15-20/h12-15,17-18H,2-11,16H2,1H3/t17-,18-. The molecule has 0 N–H and O–H groups in total. The average molecular weight is 367 g/mol. The minimum atomic E-state index is 0.859. The van der Waals surface area contributed by atoms with Gasteiger partial charge in [-0.2, -0.15) is 0 Å². The fraction of sp³-hybridized carbons (Fsp3) is 0.700. The van der Waals surface area contributed by atoms with Crippen molar-refractivity contribution in [1.82, 2.24) is 0 Å². The molecule has 1 aromatic carbocycles. The average Bonchev–Trinajstić information content (AvgIpc) is 2.55. The molecule has 0 radical (unpaired) electrons. The van der Waals surface area contributed by atoms with Crippen molar-refractivity contribution >= 4 is 15.9 Å². The number of ether oxygens (including phenoxy) is 1. The summed E-state index contributed by atoms with van der Waals surface area (Å²) in [6.45, 7) is 3.16. The molecule has 0 aliphatic heterocycles. The molecule has 1 saturated carbocycles. The first-order valence-corrected chi connectivity index (χ1v) is 9.95. The molecule has 0 amide bonds. The SMILES string of the molecule is CCCCC[C@H]1CC[C@H](CCCOc2ccc(Br)cc2)CC1. The van der Waals surface area contributed by atoms with Crippen LogP contribution in [0.5, 0.6) is 5.75 Å². The molecule has 1 fully saturated rings. The Morgan fingerprint density at radius 1 is 0.909 bits per heavy atom. The molecule has 1 nitrogen and oxygen atoms in total. The van der Waals surface area contributed by atoms with Crippen LogP contribution in [-0.2, 0) is 0 Å². The van der Waals surface area contributed by atoms with Gasteiger partial charge in [0.25, 0.3) is 0 Å². The van der Waals surface area contributed by atoms with Gasteiger partial charge >= 0.3 is 0 Å². The zero-order valence-corrected chi connectivity index (χ0v) is 15.6. The minimum absolute atomic E-state index is 0.859. The van der Waals surface area contributed by atoms with E-state index in [0.717, 1.165) is 28.7 Å². The van der Waals surface area contributed by atoms with Crippen molar-refractivity contribution < 1.29 is 4.74 Å². The van der Waals surface area contributed by atoms with Gasteiger partial charge in [-0.15, -0.1) is 0 Å². The quantitative estimate of drug-likeness (QED) is 0.427. The maximum absolute atomic E-state index is 5.82. The van der Waals surface area contributed by atoms with Gasteiger partial charge in [0.15, 0.2) is 0 Å². The molecule has 0 spiro atoms. The van der Waals surface area contributed by atoms with E-state index >= 15 is 0 Å². The Bertz CT molecular complexity index is 393. The van der Waals surface area contributed by atoms with E-state index < -0.39 is 0 Å². The lowest BCUT2D eigenvalue weighted by atomic mass is 9.78. The Kier molecular flexibility index (Phi) is 8.36. The van der Waals surface area contributed by atoms with E-state index in [9.17, 15) is 0 Å². The molecule has 1 aliphatic carbocycles. The maximum Gasteiger partial charge on any atom is 0.119 e. The fourth-order valence-corrected chi connectivity index (χ4v) is 3.85. The topological polar surface area (TPSA) is 9.23 Å². The van der Waals surface area contributed by atoms with Gasteiger partial charge < -0.3 is 4.74 Å². The number of hydrogen-bond acceptors (Lipinski definition) is 1. The van der Waals surface area contributed by atoms with Crippen LogP contribution in [0.3, 0.4) is 0 Å². The first-order chi connectivity index (χ1) is 10.8. The second-order valence-corrected chi connectivity index (χ2v) is 7.74. The van der Waals surface area contributed by atoms with Crippen molar-refractivity contribution in [2.75, 3.05) is 6.61 Å². The summed E-state index contributed by atoms with van der Waals surface area (Å²) < 4.78 is 6.92. The number of hydrogen-bond donors (Lipinski definition) is 0. The van der Waals surface area contributed by atoms with Gasteiger partial charge in [0.05, 0.1) is 6.61 Å². The molecular formula is C20H31BrO. The Morgan fingerprint density at radius 3 is 2.09 bits per heavy atom. The minimum Gasteiger partial charge on any atom is -0.494 e. The van der Waals surface area contributed by atoms with Crippen molar-refractivity contribution in [3.05, 3.63) is 28.7 Å². The molecule has 0 unspecified atom stereocenters. The van der Waals surface area contributed by atoms with Gasteiger partial charge in [-0.1, -0.05) is 74.2 Å². The second kappa shape index (κ2) is 10.3. The molecule has 22 heavy (non-hydrogen) atoms. The lowest BCUT2D eigenvalue weighted by molar-refractivity contribution is 0.228.